The fourth-order valence-corrected chi connectivity index (χ4v) is 2.62. The highest BCUT2D eigenvalue weighted by atomic mass is 16.4. The summed E-state index contributed by atoms with van der Waals surface area (Å²) in [7, 11) is 0. The molecule has 2 unspecified atom stereocenters. The molecule has 17 heavy (non-hydrogen) atoms. The highest BCUT2D eigenvalue weighted by Crippen LogP contribution is 2.58. The number of fused-ring (bicyclic) bond motifs is 1. The maximum absolute atomic E-state index is 10.3. The fourth-order valence-electron chi connectivity index (χ4n) is 2.62. The number of hydrogen-bond acceptors (Lipinski definition) is 2. The van der Waals surface area contributed by atoms with Crippen molar-refractivity contribution in [3.05, 3.63) is 35.6 Å². The van der Waals surface area contributed by atoms with Gasteiger partial charge in [0, 0.05) is 5.39 Å². The van der Waals surface area contributed by atoms with Gasteiger partial charge < -0.3 is 9.52 Å². The van der Waals surface area contributed by atoms with Crippen molar-refractivity contribution in [3.8, 4) is 0 Å². The van der Waals surface area contributed by atoms with Gasteiger partial charge in [0.1, 0.15) is 17.4 Å². The van der Waals surface area contributed by atoms with Crippen LogP contribution in [0.2, 0.25) is 0 Å². The zero-order valence-electron chi connectivity index (χ0n) is 10.5. The van der Waals surface area contributed by atoms with E-state index in [9.17, 15) is 5.11 Å². The predicted octanol–water partition coefficient (Wildman–Crippen LogP) is 3.82. The molecule has 0 bridgehead atoms. The van der Waals surface area contributed by atoms with Gasteiger partial charge >= 0.3 is 0 Å². The van der Waals surface area contributed by atoms with Crippen LogP contribution >= 0.6 is 0 Å². The van der Waals surface area contributed by atoms with Gasteiger partial charge in [-0.3, -0.25) is 0 Å². The van der Waals surface area contributed by atoms with Crippen LogP contribution in [-0.2, 0) is 0 Å². The number of aryl methyl sites for hydroxylation is 1. The van der Waals surface area contributed by atoms with Gasteiger partial charge in [-0.1, -0.05) is 32.0 Å². The van der Waals surface area contributed by atoms with Crippen LogP contribution < -0.4 is 0 Å². The van der Waals surface area contributed by atoms with Gasteiger partial charge in [0.2, 0.25) is 0 Å². The second kappa shape index (κ2) is 3.36. The largest absolute Gasteiger partial charge is 0.458 e. The van der Waals surface area contributed by atoms with E-state index in [1.807, 2.05) is 31.2 Å². The molecule has 0 aliphatic heterocycles. The van der Waals surface area contributed by atoms with Crippen LogP contribution in [0.3, 0.4) is 0 Å². The molecule has 1 aliphatic carbocycles. The van der Waals surface area contributed by atoms with Crippen LogP contribution in [0.25, 0.3) is 11.0 Å². The Kier molecular flexibility index (Phi) is 2.14. The molecule has 0 spiro atoms. The lowest BCUT2D eigenvalue weighted by Gasteiger charge is -2.08. The smallest absolute Gasteiger partial charge is 0.137 e. The van der Waals surface area contributed by atoms with Crippen LogP contribution in [0.4, 0.5) is 0 Å². The average Bonchev–Trinajstić information content (AvgIpc) is 2.75. The molecule has 1 aromatic heterocycles. The van der Waals surface area contributed by atoms with E-state index in [-0.39, 0.29) is 5.41 Å². The number of hydrogen-bond donors (Lipinski definition) is 1. The van der Waals surface area contributed by atoms with E-state index in [1.165, 1.54) is 0 Å². The van der Waals surface area contributed by atoms with Crippen molar-refractivity contribution in [1.29, 1.82) is 0 Å². The zero-order valence-corrected chi connectivity index (χ0v) is 10.5. The second-order valence-electron chi connectivity index (χ2n) is 5.89. The molecular formula is C15H18O2. The van der Waals surface area contributed by atoms with E-state index in [0.717, 1.165) is 23.0 Å². The first-order valence-corrected chi connectivity index (χ1v) is 6.16. The molecule has 2 aromatic rings. The molecular weight excluding hydrogens is 212 g/mol. The quantitative estimate of drug-likeness (QED) is 0.850. The lowest BCUT2D eigenvalue weighted by Crippen LogP contribution is -2.03. The molecule has 1 fully saturated rings. The monoisotopic (exact) mass is 230 g/mol. The van der Waals surface area contributed by atoms with E-state index in [4.69, 9.17) is 4.42 Å². The van der Waals surface area contributed by atoms with Crippen molar-refractivity contribution in [1.82, 2.24) is 0 Å². The lowest BCUT2D eigenvalue weighted by atomic mass is 10.0. The summed E-state index contributed by atoms with van der Waals surface area (Å²) >= 11 is 0. The summed E-state index contributed by atoms with van der Waals surface area (Å²) < 4.78 is 5.81. The van der Waals surface area contributed by atoms with Gasteiger partial charge in [-0.2, -0.15) is 0 Å². The molecule has 2 nitrogen and oxygen atoms in total. The maximum Gasteiger partial charge on any atom is 0.137 e. The Labute approximate surface area is 101 Å². The molecule has 1 heterocycles. The van der Waals surface area contributed by atoms with Gasteiger partial charge in [-0.25, -0.2) is 0 Å². The Bertz CT molecular complexity index is 565. The Morgan fingerprint density at radius 1 is 1.41 bits per heavy atom. The SMILES string of the molecule is Cc1cccc2cc(C(O)C3CC3(C)C)oc12. The third-order valence-corrected chi connectivity index (χ3v) is 4.02. The molecule has 90 valence electrons. The van der Waals surface area contributed by atoms with Crippen LogP contribution in [0.1, 0.15) is 37.7 Å². The number of aliphatic hydroxyl groups is 1. The summed E-state index contributed by atoms with van der Waals surface area (Å²) in [6.07, 6.45) is 0.612. The Morgan fingerprint density at radius 3 is 2.71 bits per heavy atom. The van der Waals surface area contributed by atoms with E-state index < -0.39 is 6.10 Å². The average molecular weight is 230 g/mol. The zero-order chi connectivity index (χ0) is 12.2. The van der Waals surface area contributed by atoms with Crippen LogP contribution in [0.5, 0.6) is 0 Å². The van der Waals surface area contributed by atoms with Crippen LogP contribution in [0.15, 0.2) is 28.7 Å². The summed E-state index contributed by atoms with van der Waals surface area (Å²) in [5.41, 5.74) is 2.28. The molecule has 2 atom stereocenters. The molecule has 1 N–H and O–H groups in total. The summed E-state index contributed by atoms with van der Waals surface area (Å²) in [6, 6.07) is 8.05. The maximum atomic E-state index is 10.3. The normalized spacial score (nSPS) is 23.9. The van der Waals surface area contributed by atoms with Crippen molar-refractivity contribution < 1.29 is 9.52 Å². The standard InChI is InChI=1S/C15H18O2/c1-9-5-4-6-10-7-12(17-14(9)10)13(16)11-8-15(11,2)3/h4-7,11,13,16H,8H2,1-3H3. The van der Waals surface area contributed by atoms with Crippen molar-refractivity contribution in [2.75, 3.05) is 0 Å². The molecule has 0 saturated heterocycles. The summed E-state index contributed by atoms with van der Waals surface area (Å²) in [4.78, 5) is 0. The van der Waals surface area contributed by atoms with E-state index in [0.29, 0.717) is 11.7 Å². The van der Waals surface area contributed by atoms with Gasteiger partial charge in [0.15, 0.2) is 0 Å². The fraction of sp³-hybridized carbons (Fsp3) is 0.467. The first kappa shape index (κ1) is 10.8. The minimum atomic E-state index is -0.461. The minimum Gasteiger partial charge on any atom is -0.458 e. The van der Waals surface area contributed by atoms with Gasteiger partial charge in [-0.05, 0) is 36.3 Å². The number of para-hydroxylation sites is 1. The Morgan fingerprint density at radius 2 is 2.12 bits per heavy atom. The lowest BCUT2D eigenvalue weighted by molar-refractivity contribution is 0.115. The van der Waals surface area contributed by atoms with Gasteiger partial charge in [-0.15, -0.1) is 0 Å². The highest BCUT2D eigenvalue weighted by molar-refractivity contribution is 5.80. The molecule has 1 aromatic carbocycles. The molecule has 1 saturated carbocycles. The second-order valence-corrected chi connectivity index (χ2v) is 5.89. The number of furan rings is 1. The number of rotatable bonds is 2. The van der Waals surface area contributed by atoms with Crippen molar-refractivity contribution in [3.63, 3.8) is 0 Å². The molecule has 2 heteroatoms. The molecule has 0 radical (unpaired) electrons. The van der Waals surface area contributed by atoms with E-state index >= 15 is 0 Å². The minimum absolute atomic E-state index is 0.257. The first-order valence-electron chi connectivity index (χ1n) is 6.16. The Hall–Kier alpha value is -1.28. The summed E-state index contributed by atoms with van der Waals surface area (Å²) in [5.74, 6) is 1.05. The summed E-state index contributed by atoms with van der Waals surface area (Å²) in [6.45, 7) is 6.41. The van der Waals surface area contributed by atoms with Crippen molar-refractivity contribution in [2.24, 2.45) is 11.3 Å². The first-order chi connectivity index (χ1) is 7.99. The van der Waals surface area contributed by atoms with Crippen molar-refractivity contribution >= 4 is 11.0 Å². The summed E-state index contributed by atoms with van der Waals surface area (Å²) in [5, 5.41) is 11.4. The number of aliphatic hydroxyl groups excluding tert-OH is 1. The van der Waals surface area contributed by atoms with Crippen LogP contribution in [0, 0.1) is 18.3 Å². The number of benzene rings is 1. The van der Waals surface area contributed by atoms with Gasteiger partial charge in [0.05, 0.1) is 0 Å². The van der Waals surface area contributed by atoms with Gasteiger partial charge in [0.25, 0.3) is 0 Å². The highest BCUT2D eigenvalue weighted by Gasteiger charge is 2.51. The molecule has 1 aliphatic rings. The third-order valence-electron chi connectivity index (χ3n) is 4.02. The molecule has 0 amide bonds. The van der Waals surface area contributed by atoms with Crippen molar-refractivity contribution in [2.45, 2.75) is 33.3 Å². The predicted molar refractivity (Wildman–Crippen MR) is 67.8 cm³/mol. The van der Waals surface area contributed by atoms with E-state index in [1.54, 1.807) is 0 Å². The third kappa shape index (κ3) is 1.67. The molecule has 3 rings (SSSR count). The van der Waals surface area contributed by atoms with E-state index in [2.05, 4.69) is 13.8 Å². The topological polar surface area (TPSA) is 33.4 Å². The Balaban J connectivity index is 1.99. The van der Waals surface area contributed by atoms with Crippen LogP contribution in [-0.4, -0.2) is 5.11 Å².